The highest BCUT2D eigenvalue weighted by Crippen LogP contribution is 2.41. The Balaban J connectivity index is 1.27. The number of nitrogens with one attached hydrogen (secondary N) is 1. The van der Waals surface area contributed by atoms with E-state index in [1.807, 2.05) is 6.07 Å². The van der Waals surface area contributed by atoms with Crippen molar-refractivity contribution in [2.75, 3.05) is 13.1 Å². The van der Waals surface area contributed by atoms with Crippen LogP contribution < -0.4 is 5.32 Å². The van der Waals surface area contributed by atoms with Crippen molar-refractivity contribution in [2.24, 2.45) is 5.92 Å². The van der Waals surface area contributed by atoms with Gasteiger partial charge >= 0.3 is 0 Å². The van der Waals surface area contributed by atoms with Crippen LogP contribution in [0.5, 0.6) is 0 Å². The number of piperidine rings is 1. The minimum atomic E-state index is -0.246. The third kappa shape index (κ3) is 3.72. The molecule has 2 heterocycles. The van der Waals surface area contributed by atoms with Gasteiger partial charge in [-0.15, -0.1) is 0 Å². The van der Waals surface area contributed by atoms with E-state index in [1.54, 1.807) is 17.9 Å². The Morgan fingerprint density at radius 1 is 1.30 bits per heavy atom. The highest BCUT2D eigenvalue weighted by molar-refractivity contribution is 5.95. The van der Waals surface area contributed by atoms with Gasteiger partial charge in [0, 0.05) is 31.0 Å². The second-order valence-corrected chi connectivity index (χ2v) is 7.37. The van der Waals surface area contributed by atoms with Crippen LogP contribution >= 0.6 is 0 Å². The van der Waals surface area contributed by atoms with Crippen molar-refractivity contribution in [1.29, 1.82) is 0 Å². The molecule has 142 valence electrons. The quantitative estimate of drug-likeness (QED) is 0.897. The molecule has 7 heteroatoms. The number of rotatable bonds is 4. The largest absolute Gasteiger partial charge is 0.361 e. The van der Waals surface area contributed by atoms with Crippen molar-refractivity contribution in [3.05, 3.63) is 53.2 Å². The predicted octanol–water partition coefficient (Wildman–Crippen LogP) is 2.65. The van der Waals surface area contributed by atoms with Crippen LogP contribution in [-0.4, -0.2) is 41.0 Å². The van der Waals surface area contributed by atoms with Crippen LogP contribution in [0.4, 0.5) is 4.39 Å². The van der Waals surface area contributed by atoms with Crippen LogP contribution in [-0.2, 0) is 4.79 Å². The molecule has 2 aromatic rings. The van der Waals surface area contributed by atoms with E-state index in [1.165, 1.54) is 18.3 Å². The first-order valence-electron chi connectivity index (χ1n) is 9.29. The Kier molecular flexibility index (Phi) is 4.68. The zero-order valence-corrected chi connectivity index (χ0v) is 15.2. The molecular weight excluding hydrogens is 349 g/mol. The molecule has 4 rings (SSSR count). The minimum absolute atomic E-state index is 0.0344. The number of hydrogen-bond acceptors (Lipinski definition) is 4. The van der Waals surface area contributed by atoms with Gasteiger partial charge in [-0.25, -0.2) is 4.39 Å². The van der Waals surface area contributed by atoms with Crippen LogP contribution in [0.3, 0.4) is 0 Å². The third-order valence-corrected chi connectivity index (χ3v) is 5.53. The van der Waals surface area contributed by atoms with Crippen molar-refractivity contribution >= 4 is 11.8 Å². The van der Waals surface area contributed by atoms with E-state index in [4.69, 9.17) is 4.52 Å². The maximum absolute atomic E-state index is 13.3. The maximum atomic E-state index is 13.3. The summed E-state index contributed by atoms with van der Waals surface area (Å²) in [6, 6.07) is 6.64. The number of carbonyl (C=O) groups is 2. The summed E-state index contributed by atoms with van der Waals surface area (Å²) >= 11 is 0. The van der Waals surface area contributed by atoms with Gasteiger partial charge in [0.15, 0.2) is 0 Å². The van der Waals surface area contributed by atoms with Gasteiger partial charge in [0.25, 0.3) is 5.91 Å². The van der Waals surface area contributed by atoms with Gasteiger partial charge in [-0.05, 0) is 43.9 Å². The molecule has 1 saturated heterocycles. The molecule has 0 spiro atoms. The predicted molar refractivity (Wildman–Crippen MR) is 95.6 cm³/mol. The summed E-state index contributed by atoms with van der Waals surface area (Å²) in [5, 5.41) is 6.73. The van der Waals surface area contributed by atoms with Crippen LogP contribution in [0.1, 0.15) is 46.9 Å². The summed E-state index contributed by atoms with van der Waals surface area (Å²) in [7, 11) is 0. The highest BCUT2D eigenvalue weighted by atomic mass is 19.1. The van der Waals surface area contributed by atoms with Gasteiger partial charge in [-0.2, -0.15) is 0 Å². The summed E-state index contributed by atoms with van der Waals surface area (Å²) in [6.07, 6.45) is 3.56. The zero-order valence-electron chi connectivity index (χ0n) is 15.2. The van der Waals surface area contributed by atoms with E-state index in [2.05, 4.69) is 10.5 Å². The first kappa shape index (κ1) is 17.7. The summed E-state index contributed by atoms with van der Waals surface area (Å²) in [4.78, 5) is 26.8. The van der Waals surface area contributed by atoms with Gasteiger partial charge < -0.3 is 14.7 Å². The fourth-order valence-electron chi connectivity index (χ4n) is 3.78. The molecule has 0 radical (unpaired) electrons. The van der Waals surface area contributed by atoms with Crippen molar-refractivity contribution in [2.45, 2.75) is 38.1 Å². The number of carbonyl (C=O) groups excluding carboxylic acids is 2. The number of nitrogens with zero attached hydrogens (tertiary/aromatic N) is 2. The minimum Gasteiger partial charge on any atom is -0.361 e. The molecule has 0 unspecified atom stereocenters. The molecule has 6 nitrogen and oxygen atoms in total. The first-order valence-corrected chi connectivity index (χ1v) is 9.29. The highest BCUT2D eigenvalue weighted by Gasteiger charge is 2.41. The van der Waals surface area contributed by atoms with Crippen LogP contribution in [0, 0.1) is 18.7 Å². The summed E-state index contributed by atoms with van der Waals surface area (Å²) in [5.41, 5.74) is 1.42. The normalized spacial score (nSPS) is 22.5. The Morgan fingerprint density at radius 3 is 2.74 bits per heavy atom. The lowest BCUT2D eigenvalue weighted by molar-refractivity contribution is -0.126. The number of aryl methyl sites for hydroxylation is 1. The topological polar surface area (TPSA) is 75.4 Å². The molecule has 1 saturated carbocycles. The third-order valence-electron chi connectivity index (χ3n) is 5.53. The monoisotopic (exact) mass is 371 g/mol. The molecule has 1 aliphatic carbocycles. The van der Waals surface area contributed by atoms with Crippen molar-refractivity contribution in [3.63, 3.8) is 0 Å². The molecule has 2 amide bonds. The van der Waals surface area contributed by atoms with E-state index in [0.717, 1.165) is 12.0 Å². The molecule has 1 aliphatic heterocycles. The number of aromatic nitrogens is 1. The Morgan fingerprint density at radius 2 is 2.07 bits per heavy atom. The molecular formula is C20H22FN3O3. The van der Waals surface area contributed by atoms with Gasteiger partial charge in [-0.1, -0.05) is 17.3 Å². The van der Waals surface area contributed by atoms with E-state index in [0.29, 0.717) is 37.3 Å². The average Bonchev–Trinajstić information content (AvgIpc) is 3.31. The van der Waals surface area contributed by atoms with Crippen molar-refractivity contribution in [1.82, 2.24) is 15.4 Å². The first-order chi connectivity index (χ1) is 13.0. The lowest BCUT2D eigenvalue weighted by Gasteiger charge is -2.31. The molecule has 2 fully saturated rings. The van der Waals surface area contributed by atoms with E-state index in [9.17, 15) is 14.0 Å². The molecule has 27 heavy (non-hydrogen) atoms. The number of halogens is 1. The smallest absolute Gasteiger partial charge is 0.259 e. The second-order valence-electron chi connectivity index (χ2n) is 7.37. The molecule has 1 aromatic heterocycles. The number of amides is 2. The van der Waals surface area contributed by atoms with Gasteiger partial charge in [-0.3, -0.25) is 9.59 Å². The molecule has 2 aliphatic rings. The summed E-state index contributed by atoms with van der Waals surface area (Å²) in [5.74, 6) is 0.309. The van der Waals surface area contributed by atoms with E-state index < -0.39 is 0 Å². The maximum Gasteiger partial charge on any atom is 0.259 e. The molecule has 0 bridgehead atoms. The van der Waals surface area contributed by atoms with E-state index in [-0.39, 0.29) is 35.5 Å². The Labute approximate surface area is 156 Å². The Hall–Kier alpha value is -2.70. The number of benzene rings is 1. The Bertz CT molecular complexity index is 858. The SMILES string of the molecule is Cc1oncc1C(=O)N1CCC(C(=O)N[C@H]2C[C@@H]2c2cccc(F)c2)CC1. The second kappa shape index (κ2) is 7.13. The van der Waals surface area contributed by atoms with Crippen LogP contribution in [0.15, 0.2) is 35.0 Å². The van der Waals surface area contributed by atoms with Gasteiger partial charge in [0.1, 0.15) is 17.1 Å². The summed E-state index contributed by atoms with van der Waals surface area (Å²) in [6.45, 7) is 2.80. The average molecular weight is 371 g/mol. The summed E-state index contributed by atoms with van der Waals surface area (Å²) < 4.78 is 18.3. The lowest BCUT2D eigenvalue weighted by atomic mass is 9.95. The van der Waals surface area contributed by atoms with E-state index >= 15 is 0 Å². The van der Waals surface area contributed by atoms with Gasteiger partial charge in [0.05, 0.1) is 6.20 Å². The molecule has 1 aromatic carbocycles. The van der Waals surface area contributed by atoms with Crippen LogP contribution in [0.25, 0.3) is 0 Å². The molecule has 1 N–H and O–H groups in total. The van der Waals surface area contributed by atoms with Crippen molar-refractivity contribution in [3.8, 4) is 0 Å². The standard InChI is InChI=1S/C20H22FN3O3/c1-12-17(11-22-27-12)20(26)24-7-5-13(6-8-24)19(25)23-18-10-16(18)14-3-2-4-15(21)9-14/h2-4,9,11,13,16,18H,5-8,10H2,1H3,(H,23,25)/t16-,18+/m1/s1. The van der Waals surface area contributed by atoms with Crippen LogP contribution in [0.2, 0.25) is 0 Å². The zero-order chi connectivity index (χ0) is 19.0. The number of likely N-dealkylation sites (tertiary alicyclic amines) is 1. The fraction of sp³-hybridized carbons (Fsp3) is 0.450. The number of hydrogen-bond donors (Lipinski definition) is 1. The lowest BCUT2D eigenvalue weighted by Crippen LogP contribution is -2.43. The fourth-order valence-corrected chi connectivity index (χ4v) is 3.78. The molecule has 2 atom stereocenters. The van der Waals surface area contributed by atoms with Crippen molar-refractivity contribution < 1.29 is 18.5 Å². The van der Waals surface area contributed by atoms with Gasteiger partial charge in [0.2, 0.25) is 5.91 Å².